The molecule has 0 saturated carbocycles. The van der Waals surface area contributed by atoms with Crippen molar-refractivity contribution in [2.45, 2.75) is 19.9 Å². The Morgan fingerprint density at radius 2 is 2.16 bits per heavy atom. The Labute approximate surface area is 114 Å². The normalized spacial score (nSPS) is 22.2. The van der Waals surface area contributed by atoms with Crippen LogP contribution in [-0.2, 0) is 9.53 Å². The molecule has 2 rings (SSSR count). The van der Waals surface area contributed by atoms with E-state index < -0.39 is 24.0 Å². The topological polar surface area (TPSA) is 101 Å². The van der Waals surface area contributed by atoms with Gasteiger partial charge in [-0.05, 0) is 13.8 Å². The van der Waals surface area contributed by atoms with Gasteiger partial charge in [0, 0.05) is 4.88 Å². The highest BCUT2D eigenvalue weighted by Gasteiger charge is 2.35. The number of hydrogen-bond acceptors (Lipinski definition) is 5. The van der Waals surface area contributed by atoms with Crippen LogP contribution in [0.15, 0.2) is 0 Å². The first kappa shape index (κ1) is 13.8. The Bertz CT molecular complexity index is 483. The van der Waals surface area contributed by atoms with Gasteiger partial charge in [-0.25, -0.2) is 9.78 Å². The second-order valence-electron chi connectivity index (χ2n) is 4.35. The number of nitrogens with zero attached hydrogens (tertiary/aromatic N) is 1. The molecule has 1 fully saturated rings. The Balaban J connectivity index is 1.92. The third-order valence-electron chi connectivity index (χ3n) is 2.96. The number of carboxylic acids is 1. The molecule has 0 radical (unpaired) electrons. The van der Waals surface area contributed by atoms with Crippen LogP contribution in [0, 0.1) is 19.8 Å². The van der Waals surface area contributed by atoms with E-state index in [1.54, 1.807) is 0 Å². The van der Waals surface area contributed by atoms with Gasteiger partial charge >= 0.3 is 12.0 Å². The Morgan fingerprint density at radius 3 is 2.74 bits per heavy atom. The summed E-state index contributed by atoms with van der Waals surface area (Å²) in [5.74, 6) is -1.67. The van der Waals surface area contributed by atoms with E-state index in [1.807, 2.05) is 13.8 Å². The maximum absolute atomic E-state index is 11.8. The quantitative estimate of drug-likeness (QED) is 0.768. The van der Waals surface area contributed by atoms with E-state index >= 15 is 0 Å². The molecule has 8 heteroatoms. The number of anilines is 1. The van der Waals surface area contributed by atoms with Gasteiger partial charge < -0.3 is 15.2 Å². The molecule has 0 spiro atoms. The average molecular weight is 285 g/mol. The molecular weight excluding hydrogens is 270 g/mol. The van der Waals surface area contributed by atoms with Crippen LogP contribution < -0.4 is 10.6 Å². The predicted octanol–water partition coefficient (Wildman–Crippen LogP) is 0.981. The third kappa shape index (κ3) is 3.21. The molecule has 1 saturated heterocycles. The minimum Gasteiger partial charge on any atom is -0.481 e. The number of aliphatic carboxylic acids is 1. The van der Waals surface area contributed by atoms with E-state index in [2.05, 4.69) is 15.6 Å². The molecule has 1 aromatic rings. The first-order valence-corrected chi connectivity index (χ1v) is 6.61. The number of carbonyl (C=O) groups is 2. The molecule has 19 heavy (non-hydrogen) atoms. The SMILES string of the molecule is Cc1nc(NC(=O)NC2COCC2C(=O)O)sc1C. The summed E-state index contributed by atoms with van der Waals surface area (Å²) in [5.41, 5.74) is 0.868. The molecule has 0 aliphatic carbocycles. The number of ether oxygens (including phenoxy) is 1. The maximum Gasteiger partial charge on any atom is 0.321 e. The van der Waals surface area contributed by atoms with Gasteiger partial charge in [0.2, 0.25) is 0 Å². The molecule has 3 N–H and O–H groups in total. The minimum absolute atomic E-state index is 0.121. The van der Waals surface area contributed by atoms with Crippen molar-refractivity contribution in [3.05, 3.63) is 10.6 Å². The Hall–Kier alpha value is -1.67. The Morgan fingerprint density at radius 1 is 1.42 bits per heavy atom. The molecular formula is C11H15N3O4S. The van der Waals surface area contributed by atoms with E-state index in [0.717, 1.165) is 10.6 Å². The molecule has 7 nitrogen and oxygen atoms in total. The van der Waals surface area contributed by atoms with Crippen LogP contribution in [0.25, 0.3) is 0 Å². The highest BCUT2D eigenvalue weighted by Crippen LogP contribution is 2.21. The first-order valence-electron chi connectivity index (χ1n) is 5.79. The zero-order chi connectivity index (χ0) is 14.0. The minimum atomic E-state index is -0.969. The van der Waals surface area contributed by atoms with Crippen LogP contribution in [0.3, 0.4) is 0 Å². The summed E-state index contributed by atoms with van der Waals surface area (Å²) in [7, 11) is 0. The van der Waals surface area contributed by atoms with Crippen molar-refractivity contribution in [1.82, 2.24) is 10.3 Å². The molecule has 0 aromatic carbocycles. The lowest BCUT2D eigenvalue weighted by atomic mass is 10.0. The summed E-state index contributed by atoms with van der Waals surface area (Å²) in [4.78, 5) is 27.9. The molecule has 1 aliphatic rings. The lowest BCUT2D eigenvalue weighted by Crippen LogP contribution is -2.44. The van der Waals surface area contributed by atoms with E-state index in [9.17, 15) is 9.59 Å². The van der Waals surface area contributed by atoms with Crippen molar-refractivity contribution >= 4 is 28.5 Å². The van der Waals surface area contributed by atoms with E-state index in [-0.39, 0.29) is 13.2 Å². The summed E-state index contributed by atoms with van der Waals surface area (Å²) in [6, 6.07) is -0.977. The largest absolute Gasteiger partial charge is 0.481 e. The van der Waals surface area contributed by atoms with Crippen LogP contribution in [0.2, 0.25) is 0 Å². The van der Waals surface area contributed by atoms with Crippen molar-refractivity contribution in [2.75, 3.05) is 18.5 Å². The van der Waals surface area contributed by atoms with Gasteiger partial charge in [0.25, 0.3) is 0 Å². The second-order valence-corrected chi connectivity index (χ2v) is 5.55. The van der Waals surface area contributed by atoms with Crippen molar-refractivity contribution in [2.24, 2.45) is 5.92 Å². The number of aryl methyl sites for hydroxylation is 2. The lowest BCUT2D eigenvalue weighted by molar-refractivity contribution is -0.142. The molecule has 104 valence electrons. The number of amides is 2. The number of thiazole rings is 1. The number of carboxylic acid groups (broad SMARTS) is 1. The number of hydrogen-bond donors (Lipinski definition) is 3. The lowest BCUT2D eigenvalue weighted by Gasteiger charge is -2.15. The number of carbonyl (C=O) groups excluding carboxylic acids is 1. The fourth-order valence-electron chi connectivity index (χ4n) is 1.77. The maximum atomic E-state index is 11.8. The van der Waals surface area contributed by atoms with Crippen LogP contribution in [0.4, 0.5) is 9.93 Å². The smallest absolute Gasteiger partial charge is 0.321 e. The monoisotopic (exact) mass is 285 g/mol. The molecule has 1 aliphatic heterocycles. The molecule has 1 aromatic heterocycles. The fraction of sp³-hybridized carbons (Fsp3) is 0.545. The summed E-state index contributed by atoms with van der Waals surface area (Å²) >= 11 is 1.38. The Kier molecular flexibility index (Phi) is 4.01. The number of urea groups is 1. The van der Waals surface area contributed by atoms with Gasteiger partial charge in [-0.1, -0.05) is 0 Å². The van der Waals surface area contributed by atoms with Crippen LogP contribution in [0.1, 0.15) is 10.6 Å². The highest BCUT2D eigenvalue weighted by atomic mass is 32.1. The molecule has 2 unspecified atom stereocenters. The zero-order valence-corrected chi connectivity index (χ0v) is 11.4. The van der Waals surface area contributed by atoms with Crippen molar-refractivity contribution in [1.29, 1.82) is 0 Å². The van der Waals surface area contributed by atoms with E-state index in [4.69, 9.17) is 9.84 Å². The van der Waals surface area contributed by atoms with Crippen LogP contribution in [0.5, 0.6) is 0 Å². The molecule has 2 atom stereocenters. The van der Waals surface area contributed by atoms with Gasteiger partial charge in [0.15, 0.2) is 5.13 Å². The van der Waals surface area contributed by atoms with Crippen LogP contribution >= 0.6 is 11.3 Å². The summed E-state index contributed by atoms with van der Waals surface area (Å²) in [6.07, 6.45) is 0. The van der Waals surface area contributed by atoms with E-state index in [0.29, 0.717) is 5.13 Å². The van der Waals surface area contributed by atoms with Crippen LogP contribution in [-0.4, -0.2) is 41.3 Å². The predicted molar refractivity (Wildman–Crippen MR) is 69.5 cm³/mol. The van der Waals surface area contributed by atoms with E-state index in [1.165, 1.54) is 11.3 Å². The zero-order valence-electron chi connectivity index (χ0n) is 10.6. The van der Waals surface area contributed by atoms with Gasteiger partial charge in [-0.15, -0.1) is 11.3 Å². The second kappa shape index (κ2) is 5.54. The molecule has 2 heterocycles. The van der Waals surface area contributed by atoms with Crippen molar-refractivity contribution in [3.63, 3.8) is 0 Å². The molecule has 2 amide bonds. The van der Waals surface area contributed by atoms with Gasteiger partial charge in [-0.2, -0.15) is 0 Å². The number of rotatable bonds is 3. The summed E-state index contributed by atoms with van der Waals surface area (Å²) in [5, 5.41) is 14.7. The van der Waals surface area contributed by atoms with Crippen molar-refractivity contribution < 1.29 is 19.4 Å². The first-order chi connectivity index (χ1) is 8.97. The van der Waals surface area contributed by atoms with Gasteiger partial charge in [0.05, 0.1) is 24.9 Å². The van der Waals surface area contributed by atoms with Gasteiger partial charge in [-0.3, -0.25) is 10.1 Å². The third-order valence-corrected chi connectivity index (χ3v) is 3.95. The molecule has 0 bridgehead atoms. The van der Waals surface area contributed by atoms with Crippen molar-refractivity contribution in [3.8, 4) is 0 Å². The number of aromatic nitrogens is 1. The standard InChI is InChI=1S/C11H15N3O4S/c1-5-6(2)19-11(12-5)14-10(17)13-8-4-18-3-7(8)9(15)16/h7-8H,3-4H2,1-2H3,(H,15,16)(H2,12,13,14,17). The summed E-state index contributed by atoms with van der Waals surface area (Å²) in [6.45, 7) is 4.11. The fourth-order valence-corrected chi connectivity index (χ4v) is 2.58. The number of nitrogens with one attached hydrogen (secondary N) is 2. The van der Waals surface area contributed by atoms with Gasteiger partial charge in [0.1, 0.15) is 5.92 Å². The highest BCUT2D eigenvalue weighted by molar-refractivity contribution is 7.15. The summed E-state index contributed by atoms with van der Waals surface area (Å²) < 4.78 is 5.07. The average Bonchev–Trinajstić information content (AvgIpc) is 2.87.